The molecule has 0 saturated heterocycles. The number of nitrogens with one attached hydrogen (secondary N) is 1. The summed E-state index contributed by atoms with van der Waals surface area (Å²) in [6, 6.07) is 2.90. The number of rotatable bonds is 1. The summed E-state index contributed by atoms with van der Waals surface area (Å²) in [5.41, 5.74) is -0.381. The van der Waals surface area contributed by atoms with Gasteiger partial charge in [-0.25, -0.2) is 4.39 Å². The Balaban J connectivity index is 2.77. The Hall–Kier alpha value is -1.03. The zero-order valence-electron chi connectivity index (χ0n) is 8.23. The highest BCUT2D eigenvalue weighted by molar-refractivity contribution is 6.45. The molecule has 1 heterocycles. The Morgan fingerprint density at radius 3 is 2.47 bits per heavy atom. The van der Waals surface area contributed by atoms with Crippen LogP contribution in [0.5, 0.6) is 0 Å². The first-order chi connectivity index (χ1) is 8.00. The summed E-state index contributed by atoms with van der Waals surface area (Å²) in [5.74, 6) is -0.894. The number of halogens is 4. The second-order valence-corrected chi connectivity index (χ2v) is 4.52. The third kappa shape index (κ3) is 2.32. The van der Waals surface area contributed by atoms with Crippen LogP contribution in [0.2, 0.25) is 15.1 Å². The molecule has 6 heteroatoms. The summed E-state index contributed by atoms with van der Waals surface area (Å²) in [7, 11) is 0. The van der Waals surface area contributed by atoms with E-state index in [1.165, 1.54) is 18.3 Å². The van der Waals surface area contributed by atoms with Crippen LogP contribution in [0.3, 0.4) is 0 Å². The first-order valence-corrected chi connectivity index (χ1v) is 5.65. The predicted octanol–water partition coefficient (Wildman–Crippen LogP) is 4.14. The Bertz CT molecular complexity index is 639. The molecule has 88 valence electrons. The van der Waals surface area contributed by atoms with E-state index >= 15 is 0 Å². The number of benzene rings is 1. The molecule has 17 heavy (non-hydrogen) atoms. The molecule has 2 rings (SSSR count). The number of aromatic nitrogens is 1. The van der Waals surface area contributed by atoms with Gasteiger partial charge in [0.15, 0.2) is 5.82 Å². The molecule has 0 aliphatic rings. The molecule has 1 aromatic heterocycles. The normalized spacial score (nSPS) is 10.6. The minimum absolute atomic E-state index is 0.0828. The minimum Gasteiger partial charge on any atom is -0.364 e. The first-order valence-electron chi connectivity index (χ1n) is 4.52. The van der Waals surface area contributed by atoms with Gasteiger partial charge in [0.2, 0.25) is 5.43 Å². The van der Waals surface area contributed by atoms with Gasteiger partial charge in [-0.3, -0.25) is 4.79 Å². The largest absolute Gasteiger partial charge is 0.364 e. The topological polar surface area (TPSA) is 32.9 Å². The zero-order valence-corrected chi connectivity index (χ0v) is 10.5. The van der Waals surface area contributed by atoms with Crippen LogP contribution < -0.4 is 5.43 Å². The molecule has 0 radical (unpaired) electrons. The predicted molar refractivity (Wildman–Crippen MR) is 67.5 cm³/mol. The number of pyridine rings is 1. The summed E-state index contributed by atoms with van der Waals surface area (Å²) >= 11 is 17.6. The van der Waals surface area contributed by atoms with Gasteiger partial charge in [0.05, 0.1) is 10.0 Å². The standard InChI is InChI=1S/C11H5Cl3FNO/c12-5-1-6(10(14)8(13)2-5)7-3-16-4-9(15)11(7)17/h1-4H,(H,16,17). The lowest BCUT2D eigenvalue weighted by atomic mass is 10.1. The van der Waals surface area contributed by atoms with E-state index in [0.29, 0.717) is 10.6 Å². The molecule has 0 bridgehead atoms. The maximum absolute atomic E-state index is 13.1. The highest BCUT2D eigenvalue weighted by Gasteiger charge is 2.13. The average Bonchev–Trinajstić information content (AvgIpc) is 2.27. The van der Waals surface area contributed by atoms with Crippen LogP contribution in [0.25, 0.3) is 11.1 Å². The van der Waals surface area contributed by atoms with Crippen molar-refractivity contribution in [1.29, 1.82) is 0 Å². The maximum atomic E-state index is 13.1. The van der Waals surface area contributed by atoms with Gasteiger partial charge < -0.3 is 4.98 Å². The first kappa shape index (κ1) is 12.4. The van der Waals surface area contributed by atoms with E-state index < -0.39 is 11.2 Å². The van der Waals surface area contributed by atoms with E-state index in [1.807, 2.05) is 0 Å². The fraction of sp³-hybridized carbons (Fsp3) is 0. The maximum Gasteiger partial charge on any atom is 0.224 e. The van der Waals surface area contributed by atoms with Crippen molar-refractivity contribution in [3.05, 3.63) is 55.6 Å². The molecule has 0 aliphatic heterocycles. The average molecular weight is 293 g/mol. The van der Waals surface area contributed by atoms with Gasteiger partial charge in [-0.15, -0.1) is 0 Å². The van der Waals surface area contributed by atoms with E-state index in [1.54, 1.807) is 0 Å². The molecular formula is C11H5Cl3FNO. The molecule has 0 aliphatic carbocycles. The Labute approximate surface area is 111 Å². The van der Waals surface area contributed by atoms with E-state index in [0.717, 1.165) is 6.20 Å². The van der Waals surface area contributed by atoms with E-state index in [9.17, 15) is 9.18 Å². The van der Waals surface area contributed by atoms with Crippen molar-refractivity contribution in [3.63, 3.8) is 0 Å². The van der Waals surface area contributed by atoms with Gasteiger partial charge in [-0.2, -0.15) is 0 Å². The summed E-state index contributed by atoms with van der Waals surface area (Å²) in [6.45, 7) is 0. The highest BCUT2D eigenvalue weighted by atomic mass is 35.5. The lowest BCUT2D eigenvalue weighted by Crippen LogP contribution is -2.09. The molecule has 0 amide bonds. The fourth-order valence-corrected chi connectivity index (χ4v) is 2.11. The smallest absolute Gasteiger partial charge is 0.224 e. The Morgan fingerprint density at radius 1 is 1.06 bits per heavy atom. The van der Waals surface area contributed by atoms with Gasteiger partial charge in [0.25, 0.3) is 0 Å². The van der Waals surface area contributed by atoms with Crippen molar-refractivity contribution in [2.75, 3.05) is 0 Å². The monoisotopic (exact) mass is 291 g/mol. The fourth-order valence-electron chi connectivity index (χ4n) is 1.41. The molecule has 0 unspecified atom stereocenters. The van der Waals surface area contributed by atoms with E-state index in [4.69, 9.17) is 34.8 Å². The van der Waals surface area contributed by atoms with Gasteiger partial charge in [0, 0.05) is 28.5 Å². The third-order valence-electron chi connectivity index (χ3n) is 2.18. The van der Waals surface area contributed by atoms with Crippen LogP contribution >= 0.6 is 34.8 Å². The Kier molecular flexibility index (Phi) is 3.43. The van der Waals surface area contributed by atoms with Crippen LogP contribution in [-0.4, -0.2) is 4.98 Å². The second kappa shape index (κ2) is 4.69. The molecule has 0 saturated carbocycles. The molecule has 1 aromatic carbocycles. The summed E-state index contributed by atoms with van der Waals surface area (Å²) in [4.78, 5) is 14.1. The van der Waals surface area contributed by atoms with Crippen molar-refractivity contribution in [2.24, 2.45) is 0 Å². The number of H-pyrrole nitrogens is 1. The molecule has 0 fully saturated rings. The Morgan fingerprint density at radius 2 is 1.76 bits per heavy atom. The van der Waals surface area contributed by atoms with Gasteiger partial charge in [-0.05, 0) is 12.1 Å². The van der Waals surface area contributed by atoms with Crippen LogP contribution in [0, 0.1) is 5.82 Å². The van der Waals surface area contributed by atoms with Crippen molar-refractivity contribution in [2.45, 2.75) is 0 Å². The van der Waals surface area contributed by atoms with Crippen molar-refractivity contribution < 1.29 is 4.39 Å². The van der Waals surface area contributed by atoms with Crippen LogP contribution in [0.15, 0.2) is 29.3 Å². The summed E-state index contributed by atoms with van der Waals surface area (Å²) < 4.78 is 13.1. The summed E-state index contributed by atoms with van der Waals surface area (Å²) in [6.07, 6.45) is 2.31. The van der Waals surface area contributed by atoms with Crippen molar-refractivity contribution in [3.8, 4) is 11.1 Å². The van der Waals surface area contributed by atoms with E-state index in [-0.39, 0.29) is 15.6 Å². The zero-order chi connectivity index (χ0) is 12.6. The lowest BCUT2D eigenvalue weighted by molar-refractivity contribution is 0.612. The van der Waals surface area contributed by atoms with Crippen LogP contribution in [0.1, 0.15) is 0 Å². The SMILES string of the molecule is O=c1c(F)c[nH]cc1-c1cc(Cl)cc(Cl)c1Cl. The van der Waals surface area contributed by atoms with Crippen LogP contribution in [-0.2, 0) is 0 Å². The van der Waals surface area contributed by atoms with Gasteiger partial charge in [-0.1, -0.05) is 34.8 Å². The van der Waals surface area contributed by atoms with E-state index in [2.05, 4.69) is 4.98 Å². The molecule has 0 atom stereocenters. The number of hydrogen-bond donors (Lipinski definition) is 1. The van der Waals surface area contributed by atoms with Gasteiger partial charge in [0.1, 0.15) is 0 Å². The lowest BCUT2D eigenvalue weighted by Gasteiger charge is -2.06. The molecule has 2 nitrogen and oxygen atoms in total. The highest BCUT2D eigenvalue weighted by Crippen LogP contribution is 2.34. The summed E-state index contributed by atoms with van der Waals surface area (Å²) in [5, 5.41) is 0.683. The van der Waals surface area contributed by atoms with Crippen molar-refractivity contribution >= 4 is 34.8 Å². The van der Waals surface area contributed by atoms with Crippen LogP contribution in [0.4, 0.5) is 4.39 Å². The molecular weight excluding hydrogens is 287 g/mol. The number of hydrogen-bond acceptors (Lipinski definition) is 1. The molecule has 0 spiro atoms. The second-order valence-electron chi connectivity index (χ2n) is 3.30. The number of aromatic amines is 1. The quantitative estimate of drug-likeness (QED) is 0.787. The molecule has 2 aromatic rings. The minimum atomic E-state index is -0.894. The third-order valence-corrected chi connectivity index (χ3v) is 3.20. The van der Waals surface area contributed by atoms with Crippen molar-refractivity contribution in [1.82, 2.24) is 4.98 Å². The van der Waals surface area contributed by atoms with Gasteiger partial charge >= 0.3 is 0 Å². The molecule has 1 N–H and O–H groups in total.